The molecule has 1 aliphatic heterocycles. The van der Waals surface area contributed by atoms with Gasteiger partial charge in [-0.05, 0) is 44.9 Å². The van der Waals surface area contributed by atoms with E-state index in [9.17, 15) is 24.5 Å². The summed E-state index contributed by atoms with van der Waals surface area (Å²) in [7, 11) is 1.65. The molecule has 2 unspecified atom stereocenters. The van der Waals surface area contributed by atoms with Gasteiger partial charge in [0.25, 0.3) is 5.69 Å². The Kier molecular flexibility index (Phi) is 9.54. The van der Waals surface area contributed by atoms with Gasteiger partial charge < -0.3 is 32.3 Å². The first kappa shape index (κ1) is 25.5. The molecule has 0 radical (unpaired) electrons. The van der Waals surface area contributed by atoms with E-state index in [2.05, 4.69) is 20.9 Å². The summed E-state index contributed by atoms with van der Waals surface area (Å²) in [6.07, 6.45) is 1.87. The van der Waals surface area contributed by atoms with Crippen molar-refractivity contribution in [3.63, 3.8) is 0 Å². The highest BCUT2D eigenvalue weighted by atomic mass is 16.6. The first-order chi connectivity index (χ1) is 15.7. The summed E-state index contributed by atoms with van der Waals surface area (Å²) in [6, 6.07) is 3.78. The molecule has 0 spiro atoms. The Morgan fingerprint density at radius 3 is 2.58 bits per heavy atom. The van der Waals surface area contributed by atoms with Crippen molar-refractivity contribution in [1.82, 2.24) is 15.5 Å². The molecular weight excluding hydrogens is 432 g/mol. The van der Waals surface area contributed by atoms with Gasteiger partial charge in [-0.1, -0.05) is 0 Å². The zero-order chi connectivity index (χ0) is 24.4. The summed E-state index contributed by atoms with van der Waals surface area (Å²) in [6.45, 7) is 0.866. The van der Waals surface area contributed by atoms with Crippen molar-refractivity contribution in [3.05, 3.63) is 34.4 Å². The molecule has 3 amide bonds. The van der Waals surface area contributed by atoms with E-state index in [1.165, 1.54) is 29.2 Å². The van der Waals surface area contributed by atoms with Crippen LogP contribution in [0.25, 0.3) is 0 Å². The summed E-state index contributed by atoms with van der Waals surface area (Å²) in [5.41, 5.74) is 10.9. The molecular formula is C20H30N8O5. The fraction of sp³-hybridized carbons (Fsp3) is 0.500. The Bertz CT molecular complexity index is 885. The summed E-state index contributed by atoms with van der Waals surface area (Å²) >= 11 is 0. The summed E-state index contributed by atoms with van der Waals surface area (Å²) in [5.74, 6) is -1.17. The SMILES string of the molecule is CNCC(=O)N1CCCC1C(=O)NC(CCCN=C(N)N)C(=O)Nc1ccc([N+](=O)[O-])cc1. The number of hydrogen-bond acceptors (Lipinski definition) is 7. The highest BCUT2D eigenvalue weighted by Crippen LogP contribution is 2.19. The molecule has 7 N–H and O–H groups in total. The van der Waals surface area contributed by atoms with E-state index in [0.29, 0.717) is 31.5 Å². The van der Waals surface area contributed by atoms with Crippen molar-refractivity contribution in [2.75, 3.05) is 32.0 Å². The van der Waals surface area contributed by atoms with Crippen LogP contribution in [0.2, 0.25) is 0 Å². The molecule has 0 saturated carbocycles. The number of carbonyl (C=O) groups excluding carboxylic acids is 3. The van der Waals surface area contributed by atoms with E-state index < -0.39 is 28.8 Å². The van der Waals surface area contributed by atoms with E-state index in [1.54, 1.807) is 7.05 Å². The first-order valence-corrected chi connectivity index (χ1v) is 10.6. The van der Waals surface area contributed by atoms with E-state index in [-0.39, 0.29) is 37.1 Å². The van der Waals surface area contributed by atoms with Gasteiger partial charge in [0.2, 0.25) is 17.7 Å². The molecule has 13 heteroatoms. The molecule has 1 saturated heterocycles. The lowest BCUT2D eigenvalue weighted by molar-refractivity contribution is -0.384. The molecule has 0 aliphatic carbocycles. The number of non-ortho nitro benzene ring substituents is 1. The minimum absolute atomic E-state index is 0.0736. The zero-order valence-electron chi connectivity index (χ0n) is 18.5. The van der Waals surface area contributed by atoms with Crippen LogP contribution >= 0.6 is 0 Å². The van der Waals surface area contributed by atoms with Crippen molar-refractivity contribution in [2.24, 2.45) is 16.5 Å². The Balaban J connectivity index is 2.09. The number of amides is 3. The number of carbonyl (C=O) groups is 3. The summed E-state index contributed by atoms with van der Waals surface area (Å²) in [5, 5.41) is 19.0. The number of nitro benzene ring substituents is 1. The number of nitrogens with one attached hydrogen (secondary N) is 3. The van der Waals surface area contributed by atoms with Crippen LogP contribution in [0, 0.1) is 10.1 Å². The number of aliphatic imine (C=N–C) groups is 1. The average Bonchev–Trinajstić information content (AvgIpc) is 3.26. The van der Waals surface area contributed by atoms with Crippen molar-refractivity contribution >= 4 is 35.1 Å². The minimum atomic E-state index is -0.913. The quantitative estimate of drug-likeness (QED) is 0.0932. The normalized spacial score (nSPS) is 16.0. The number of rotatable bonds is 11. The number of nitrogens with two attached hydrogens (primary N) is 2. The molecule has 1 heterocycles. The van der Waals surface area contributed by atoms with E-state index in [4.69, 9.17) is 11.5 Å². The lowest BCUT2D eigenvalue weighted by atomic mass is 10.1. The number of hydrogen-bond donors (Lipinski definition) is 5. The predicted molar refractivity (Wildman–Crippen MR) is 122 cm³/mol. The molecule has 180 valence electrons. The monoisotopic (exact) mass is 462 g/mol. The molecule has 1 aromatic rings. The maximum Gasteiger partial charge on any atom is 0.269 e. The van der Waals surface area contributed by atoms with E-state index in [0.717, 1.165) is 0 Å². The number of guanidine groups is 1. The number of benzene rings is 1. The Morgan fingerprint density at radius 1 is 1.27 bits per heavy atom. The van der Waals surface area contributed by atoms with Crippen LogP contribution in [-0.2, 0) is 14.4 Å². The van der Waals surface area contributed by atoms with Crippen LogP contribution in [0.4, 0.5) is 11.4 Å². The number of likely N-dealkylation sites (N-methyl/N-ethyl adjacent to an activating group) is 1. The van der Waals surface area contributed by atoms with Crippen molar-refractivity contribution in [3.8, 4) is 0 Å². The largest absolute Gasteiger partial charge is 0.370 e. The van der Waals surface area contributed by atoms with Crippen LogP contribution in [0.15, 0.2) is 29.3 Å². The second-order valence-corrected chi connectivity index (χ2v) is 7.58. The lowest BCUT2D eigenvalue weighted by Crippen LogP contribution is -2.53. The Hall–Kier alpha value is -3.74. The number of likely N-dealkylation sites (tertiary alicyclic amines) is 1. The summed E-state index contributed by atoms with van der Waals surface area (Å²) < 4.78 is 0. The van der Waals surface area contributed by atoms with Gasteiger partial charge in [-0.3, -0.25) is 29.5 Å². The molecule has 0 bridgehead atoms. The van der Waals surface area contributed by atoms with Gasteiger partial charge in [0.15, 0.2) is 5.96 Å². The third-order valence-electron chi connectivity index (χ3n) is 5.13. The Morgan fingerprint density at radius 2 is 1.97 bits per heavy atom. The highest BCUT2D eigenvalue weighted by molar-refractivity contribution is 5.98. The van der Waals surface area contributed by atoms with Crippen LogP contribution in [0.3, 0.4) is 0 Å². The molecule has 2 atom stereocenters. The van der Waals surface area contributed by atoms with Gasteiger partial charge in [0, 0.05) is 30.9 Å². The maximum absolute atomic E-state index is 12.9. The average molecular weight is 463 g/mol. The van der Waals surface area contributed by atoms with E-state index in [1.807, 2.05) is 0 Å². The highest BCUT2D eigenvalue weighted by Gasteiger charge is 2.35. The molecule has 1 fully saturated rings. The number of nitrogens with zero attached hydrogens (tertiary/aromatic N) is 3. The van der Waals surface area contributed by atoms with Gasteiger partial charge in [0.05, 0.1) is 11.5 Å². The molecule has 13 nitrogen and oxygen atoms in total. The third-order valence-corrected chi connectivity index (χ3v) is 5.13. The van der Waals surface area contributed by atoms with Crippen LogP contribution in [-0.4, -0.2) is 72.3 Å². The molecule has 33 heavy (non-hydrogen) atoms. The van der Waals surface area contributed by atoms with Gasteiger partial charge in [-0.2, -0.15) is 0 Å². The predicted octanol–water partition coefficient (Wildman–Crippen LogP) is -0.718. The van der Waals surface area contributed by atoms with Crippen molar-refractivity contribution in [1.29, 1.82) is 0 Å². The van der Waals surface area contributed by atoms with Crippen molar-refractivity contribution in [2.45, 2.75) is 37.8 Å². The standard InChI is InChI=1S/C20H30N8O5/c1-23-12-17(29)27-11-3-5-16(27)19(31)26-15(4-2-10-24-20(21)22)18(30)25-13-6-8-14(9-7-13)28(32)33/h6-9,15-16,23H,2-5,10-12H2,1H3,(H,25,30)(H,26,31)(H4,21,22,24). The van der Waals surface area contributed by atoms with Crippen LogP contribution < -0.4 is 27.4 Å². The van der Waals surface area contributed by atoms with Gasteiger partial charge in [0.1, 0.15) is 12.1 Å². The smallest absolute Gasteiger partial charge is 0.269 e. The van der Waals surface area contributed by atoms with Crippen molar-refractivity contribution < 1.29 is 19.3 Å². The molecule has 2 rings (SSSR count). The third kappa shape index (κ3) is 7.71. The molecule has 1 aromatic carbocycles. The zero-order valence-corrected chi connectivity index (χ0v) is 18.5. The van der Waals surface area contributed by atoms with Gasteiger partial charge in [-0.15, -0.1) is 0 Å². The Labute approximate surface area is 191 Å². The van der Waals surface area contributed by atoms with Gasteiger partial charge in [-0.25, -0.2) is 0 Å². The second-order valence-electron chi connectivity index (χ2n) is 7.58. The molecule has 1 aliphatic rings. The number of anilines is 1. The fourth-order valence-electron chi connectivity index (χ4n) is 3.53. The van der Waals surface area contributed by atoms with Crippen LogP contribution in [0.5, 0.6) is 0 Å². The number of nitro groups is 1. The lowest BCUT2D eigenvalue weighted by Gasteiger charge is -2.26. The topological polar surface area (TPSA) is 198 Å². The fourth-order valence-corrected chi connectivity index (χ4v) is 3.53. The second kappa shape index (κ2) is 12.3. The first-order valence-electron chi connectivity index (χ1n) is 10.6. The minimum Gasteiger partial charge on any atom is -0.370 e. The molecule has 0 aromatic heterocycles. The maximum atomic E-state index is 12.9. The summed E-state index contributed by atoms with van der Waals surface area (Å²) in [4.78, 5) is 53.8. The van der Waals surface area contributed by atoms with E-state index >= 15 is 0 Å². The van der Waals surface area contributed by atoms with Gasteiger partial charge >= 0.3 is 0 Å². The van der Waals surface area contributed by atoms with Crippen LogP contribution in [0.1, 0.15) is 25.7 Å².